The van der Waals surface area contributed by atoms with E-state index in [-0.39, 0.29) is 11.3 Å². The number of ether oxygens (including phenoxy) is 1. The minimum atomic E-state index is -0.586. The second-order valence-electron chi connectivity index (χ2n) is 7.82. The van der Waals surface area contributed by atoms with Gasteiger partial charge in [-0.1, -0.05) is 52.8 Å². The van der Waals surface area contributed by atoms with Gasteiger partial charge in [0, 0.05) is 23.7 Å². The quantitative estimate of drug-likeness (QED) is 0.851. The molecule has 0 radical (unpaired) electrons. The number of hydrogen-bond acceptors (Lipinski definition) is 4. The smallest absolute Gasteiger partial charge is 0.261 e. The Labute approximate surface area is 156 Å². The van der Waals surface area contributed by atoms with Crippen LogP contribution in [0.25, 0.3) is 0 Å². The van der Waals surface area contributed by atoms with Gasteiger partial charge in [-0.3, -0.25) is 4.79 Å². The standard InChI is InChI=1S/C21H29N3O2/c1-14(2)17-9-7-8-10-18(17)26-15(3)20(25)23-12-16-11-22-13-24-19(16)21(4,5)6/h7-11,13-15H,12H2,1-6H3,(H,23,25). The normalized spacial score (nSPS) is 12.7. The molecule has 0 fully saturated rings. The van der Waals surface area contributed by atoms with Gasteiger partial charge in [-0.25, -0.2) is 9.97 Å². The topological polar surface area (TPSA) is 64.1 Å². The zero-order chi connectivity index (χ0) is 19.3. The summed E-state index contributed by atoms with van der Waals surface area (Å²) in [6, 6.07) is 7.84. The summed E-state index contributed by atoms with van der Waals surface area (Å²) < 4.78 is 5.91. The van der Waals surface area contributed by atoms with Gasteiger partial charge in [0.05, 0.1) is 5.69 Å². The van der Waals surface area contributed by atoms with E-state index in [0.717, 1.165) is 22.6 Å². The molecule has 1 atom stereocenters. The van der Waals surface area contributed by atoms with Crippen LogP contribution in [-0.4, -0.2) is 22.0 Å². The van der Waals surface area contributed by atoms with Gasteiger partial charge in [-0.05, 0) is 24.5 Å². The van der Waals surface area contributed by atoms with Crippen LogP contribution in [0.5, 0.6) is 5.75 Å². The van der Waals surface area contributed by atoms with E-state index in [1.807, 2.05) is 24.3 Å². The lowest BCUT2D eigenvalue weighted by molar-refractivity contribution is -0.127. The number of hydrogen-bond donors (Lipinski definition) is 1. The fourth-order valence-electron chi connectivity index (χ4n) is 2.80. The van der Waals surface area contributed by atoms with Crippen LogP contribution in [0.3, 0.4) is 0 Å². The Morgan fingerprint density at radius 1 is 1.19 bits per heavy atom. The molecular formula is C21H29N3O2. The summed E-state index contributed by atoms with van der Waals surface area (Å²) in [5.74, 6) is 0.924. The zero-order valence-electron chi connectivity index (χ0n) is 16.5. The number of nitrogens with one attached hydrogen (secondary N) is 1. The van der Waals surface area contributed by atoms with Crippen LogP contribution in [0, 0.1) is 0 Å². The molecule has 1 amide bonds. The highest BCUT2D eigenvalue weighted by molar-refractivity contribution is 5.80. The summed E-state index contributed by atoms with van der Waals surface area (Å²) in [7, 11) is 0. The molecule has 5 heteroatoms. The molecular weight excluding hydrogens is 326 g/mol. The minimum absolute atomic E-state index is 0.110. The van der Waals surface area contributed by atoms with E-state index < -0.39 is 6.10 Å². The van der Waals surface area contributed by atoms with Gasteiger partial charge in [-0.2, -0.15) is 0 Å². The van der Waals surface area contributed by atoms with Gasteiger partial charge < -0.3 is 10.1 Å². The van der Waals surface area contributed by atoms with Crippen molar-refractivity contribution in [2.24, 2.45) is 0 Å². The van der Waals surface area contributed by atoms with Crippen molar-refractivity contribution in [1.29, 1.82) is 0 Å². The fraction of sp³-hybridized carbons (Fsp3) is 0.476. The highest BCUT2D eigenvalue weighted by atomic mass is 16.5. The Kier molecular flexibility index (Phi) is 6.35. The second-order valence-corrected chi connectivity index (χ2v) is 7.82. The lowest BCUT2D eigenvalue weighted by Gasteiger charge is -2.22. The third-order valence-electron chi connectivity index (χ3n) is 4.17. The first kappa shape index (κ1) is 19.9. The van der Waals surface area contributed by atoms with Crippen LogP contribution in [0.4, 0.5) is 0 Å². The number of amides is 1. The molecule has 0 saturated heterocycles. The van der Waals surface area contributed by atoms with E-state index in [2.05, 4.69) is 49.9 Å². The number of aromatic nitrogens is 2. The van der Waals surface area contributed by atoms with Gasteiger partial charge in [0.15, 0.2) is 6.10 Å². The molecule has 5 nitrogen and oxygen atoms in total. The number of para-hydroxylation sites is 1. The summed E-state index contributed by atoms with van der Waals surface area (Å²) in [6.45, 7) is 12.6. The average molecular weight is 355 g/mol. The highest BCUT2D eigenvalue weighted by Crippen LogP contribution is 2.27. The summed E-state index contributed by atoms with van der Waals surface area (Å²) >= 11 is 0. The number of carbonyl (C=O) groups excluding carboxylic acids is 1. The first-order valence-electron chi connectivity index (χ1n) is 9.02. The zero-order valence-corrected chi connectivity index (χ0v) is 16.5. The molecule has 26 heavy (non-hydrogen) atoms. The maximum Gasteiger partial charge on any atom is 0.261 e. The number of rotatable bonds is 6. The van der Waals surface area contributed by atoms with Gasteiger partial charge in [0.1, 0.15) is 12.1 Å². The molecule has 0 saturated carbocycles. The van der Waals surface area contributed by atoms with Crippen molar-refractivity contribution in [2.45, 2.75) is 65.5 Å². The third kappa shape index (κ3) is 5.04. The Morgan fingerprint density at radius 3 is 2.54 bits per heavy atom. The van der Waals surface area contributed by atoms with Crippen LogP contribution in [0.1, 0.15) is 64.3 Å². The van der Waals surface area contributed by atoms with Gasteiger partial charge >= 0.3 is 0 Å². The summed E-state index contributed by atoms with van der Waals surface area (Å²) in [5, 5.41) is 2.94. The lowest BCUT2D eigenvalue weighted by Crippen LogP contribution is -2.36. The Balaban J connectivity index is 2.03. The lowest BCUT2D eigenvalue weighted by atomic mass is 9.89. The summed E-state index contributed by atoms with van der Waals surface area (Å²) in [4.78, 5) is 21.0. The largest absolute Gasteiger partial charge is 0.481 e. The van der Waals surface area contributed by atoms with Crippen LogP contribution >= 0.6 is 0 Å². The predicted octanol–water partition coefficient (Wildman–Crippen LogP) is 3.98. The minimum Gasteiger partial charge on any atom is -0.481 e. The van der Waals surface area contributed by atoms with Crippen molar-refractivity contribution in [3.63, 3.8) is 0 Å². The molecule has 1 aromatic heterocycles. The Bertz CT molecular complexity index is 751. The molecule has 1 heterocycles. The van der Waals surface area contributed by atoms with Crippen molar-refractivity contribution in [3.8, 4) is 5.75 Å². The average Bonchev–Trinajstić information content (AvgIpc) is 2.59. The summed E-state index contributed by atoms with van der Waals surface area (Å²) in [5.41, 5.74) is 2.84. The molecule has 0 bridgehead atoms. The molecule has 140 valence electrons. The first-order chi connectivity index (χ1) is 12.2. The molecule has 0 aliphatic carbocycles. The molecule has 2 aromatic rings. The van der Waals surface area contributed by atoms with Crippen molar-refractivity contribution < 1.29 is 9.53 Å². The maximum absolute atomic E-state index is 12.5. The van der Waals surface area contributed by atoms with Crippen molar-refractivity contribution >= 4 is 5.91 Å². The number of nitrogens with zero attached hydrogens (tertiary/aromatic N) is 2. The summed E-state index contributed by atoms with van der Waals surface area (Å²) in [6.07, 6.45) is 2.71. The van der Waals surface area contributed by atoms with Gasteiger partial charge in [0.25, 0.3) is 5.91 Å². The molecule has 1 aromatic carbocycles. The van der Waals surface area contributed by atoms with E-state index in [0.29, 0.717) is 12.5 Å². The predicted molar refractivity (Wildman–Crippen MR) is 103 cm³/mol. The fourth-order valence-corrected chi connectivity index (χ4v) is 2.80. The molecule has 2 rings (SSSR count). The van der Waals surface area contributed by atoms with Gasteiger partial charge in [0.2, 0.25) is 0 Å². The Morgan fingerprint density at radius 2 is 1.88 bits per heavy atom. The number of benzene rings is 1. The van der Waals surface area contributed by atoms with Crippen molar-refractivity contribution in [2.75, 3.05) is 0 Å². The molecule has 1 N–H and O–H groups in total. The maximum atomic E-state index is 12.5. The van der Waals surface area contributed by atoms with E-state index in [1.54, 1.807) is 19.4 Å². The monoisotopic (exact) mass is 355 g/mol. The van der Waals surface area contributed by atoms with E-state index in [9.17, 15) is 4.79 Å². The van der Waals surface area contributed by atoms with Crippen molar-refractivity contribution in [3.05, 3.63) is 53.6 Å². The SMILES string of the molecule is CC(Oc1ccccc1C(C)C)C(=O)NCc1cncnc1C(C)(C)C. The van der Waals surface area contributed by atoms with Gasteiger partial charge in [-0.15, -0.1) is 0 Å². The molecule has 0 aliphatic rings. The Hall–Kier alpha value is -2.43. The second kappa shape index (κ2) is 8.30. The third-order valence-corrected chi connectivity index (χ3v) is 4.17. The van der Waals surface area contributed by atoms with E-state index >= 15 is 0 Å². The molecule has 0 spiro atoms. The van der Waals surface area contributed by atoms with Crippen LogP contribution < -0.4 is 10.1 Å². The molecule has 0 aliphatic heterocycles. The van der Waals surface area contributed by atoms with E-state index in [4.69, 9.17) is 4.74 Å². The first-order valence-corrected chi connectivity index (χ1v) is 9.02. The molecule has 1 unspecified atom stereocenters. The van der Waals surface area contributed by atoms with Crippen LogP contribution in [-0.2, 0) is 16.8 Å². The van der Waals surface area contributed by atoms with E-state index in [1.165, 1.54) is 0 Å². The number of carbonyl (C=O) groups is 1. The van der Waals surface area contributed by atoms with Crippen LogP contribution in [0.15, 0.2) is 36.8 Å². The highest BCUT2D eigenvalue weighted by Gasteiger charge is 2.21. The van der Waals surface area contributed by atoms with Crippen molar-refractivity contribution in [1.82, 2.24) is 15.3 Å². The van der Waals surface area contributed by atoms with Crippen LogP contribution in [0.2, 0.25) is 0 Å².